The number of hydrogen-bond donors (Lipinski definition) is 1. The number of nitrogens with zero attached hydrogens (tertiary/aromatic N) is 1. The molecule has 0 aliphatic rings. The molecule has 0 aliphatic carbocycles. The lowest BCUT2D eigenvalue weighted by Crippen LogP contribution is -2.00. The van der Waals surface area contributed by atoms with E-state index >= 15 is 0 Å². The molecule has 0 unspecified atom stereocenters. The summed E-state index contributed by atoms with van der Waals surface area (Å²) in [5.41, 5.74) is 1.54. The van der Waals surface area contributed by atoms with Crippen LogP contribution in [0, 0.1) is 11.3 Å². The Labute approximate surface area is 120 Å². The average molecular weight is 291 g/mol. The molecule has 102 valence electrons. The van der Waals surface area contributed by atoms with Gasteiger partial charge in [0.1, 0.15) is 18.1 Å². The van der Waals surface area contributed by atoms with Gasteiger partial charge < -0.3 is 14.5 Å². The predicted molar refractivity (Wildman–Crippen MR) is 73.5 cm³/mol. The van der Waals surface area contributed by atoms with E-state index in [1.54, 1.807) is 24.3 Å². The number of hydrogen-bond acceptors (Lipinski definition) is 5. The highest BCUT2D eigenvalue weighted by atomic mass is 35.5. The summed E-state index contributed by atoms with van der Waals surface area (Å²) < 4.78 is 9.82. The first-order valence-corrected chi connectivity index (χ1v) is 6.11. The summed E-state index contributed by atoms with van der Waals surface area (Å²) in [7, 11) is 1.31. The summed E-state index contributed by atoms with van der Waals surface area (Å²) in [5.74, 6) is 0.146. The first-order valence-electron chi connectivity index (χ1n) is 5.73. The van der Waals surface area contributed by atoms with Gasteiger partial charge in [0, 0.05) is 5.69 Å². The van der Waals surface area contributed by atoms with Gasteiger partial charge >= 0.3 is 5.97 Å². The van der Waals surface area contributed by atoms with Crippen molar-refractivity contribution in [1.29, 1.82) is 5.26 Å². The van der Waals surface area contributed by atoms with Crippen LogP contribution in [0.4, 0.5) is 5.69 Å². The number of furan rings is 1. The summed E-state index contributed by atoms with van der Waals surface area (Å²) >= 11 is 5.93. The third-order valence-electron chi connectivity index (χ3n) is 2.63. The van der Waals surface area contributed by atoms with Gasteiger partial charge in [-0.1, -0.05) is 11.6 Å². The van der Waals surface area contributed by atoms with Gasteiger partial charge in [0.05, 0.1) is 29.8 Å². The van der Waals surface area contributed by atoms with E-state index in [2.05, 4.69) is 10.1 Å². The molecule has 0 saturated heterocycles. The maximum atomic E-state index is 11.3. The maximum absolute atomic E-state index is 11.3. The molecule has 0 aliphatic heterocycles. The Morgan fingerprint density at radius 3 is 2.95 bits per heavy atom. The Hall–Kier alpha value is -2.45. The number of benzene rings is 1. The van der Waals surface area contributed by atoms with Crippen LogP contribution in [-0.2, 0) is 11.3 Å². The predicted octanol–water partition coefficient (Wildman–Crippen LogP) is 3.20. The van der Waals surface area contributed by atoms with Gasteiger partial charge in [-0.25, -0.2) is 4.79 Å². The molecule has 2 rings (SSSR count). The fraction of sp³-hybridized carbons (Fsp3) is 0.143. The zero-order valence-electron chi connectivity index (χ0n) is 10.6. The highest BCUT2D eigenvalue weighted by Gasteiger charge is 2.10. The smallest absolute Gasteiger partial charge is 0.341 e. The Morgan fingerprint density at radius 2 is 2.30 bits per heavy atom. The number of esters is 1. The van der Waals surface area contributed by atoms with Crippen LogP contribution in [-0.4, -0.2) is 13.1 Å². The van der Waals surface area contributed by atoms with Gasteiger partial charge in [0.2, 0.25) is 0 Å². The molecule has 0 radical (unpaired) electrons. The van der Waals surface area contributed by atoms with Crippen LogP contribution in [0.25, 0.3) is 0 Å². The van der Waals surface area contributed by atoms with Gasteiger partial charge in [0.25, 0.3) is 0 Å². The molecular formula is C14H11ClN2O3. The van der Waals surface area contributed by atoms with E-state index in [0.717, 1.165) is 5.69 Å². The summed E-state index contributed by atoms with van der Waals surface area (Å²) in [4.78, 5) is 11.3. The van der Waals surface area contributed by atoms with E-state index in [-0.39, 0.29) is 0 Å². The third kappa shape index (κ3) is 3.11. The SMILES string of the molecule is COC(=O)c1coc(CNc2ccc(C#N)c(Cl)c2)c1. The number of methoxy groups -OCH3 is 1. The van der Waals surface area contributed by atoms with Gasteiger partial charge in [0.15, 0.2) is 0 Å². The van der Waals surface area contributed by atoms with Crippen molar-refractivity contribution >= 4 is 23.3 Å². The molecule has 1 N–H and O–H groups in total. The molecule has 0 amide bonds. The van der Waals surface area contributed by atoms with Crippen molar-refractivity contribution in [2.75, 3.05) is 12.4 Å². The minimum absolute atomic E-state index is 0.363. The standard InChI is InChI=1S/C14H11ClN2O3/c1-19-14(18)10-4-12(20-8-10)7-17-11-3-2-9(6-16)13(15)5-11/h2-5,8,17H,7H2,1H3. The second kappa shape index (κ2) is 6.13. The van der Waals surface area contributed by atoms with Crippen molar-refractivity contribution in [2.45, 2.75) is 6.54 Å². The first-order chi connectivity index (χ1) is 9.63. The second-order valence-electron chi connectivity index (χ2n) is 3.95. The van der Waals surface area contributed by atoms with Crippen LogP contribution >= 0.6 is 11.6 Å². The van der Waals surface area contributed by atoms with E-state index in [4.69, 9.17) is 21.3 Å². The number of carbonyl (C=O) groups excluding carboxylic acids is 1. The van der Waals surface area contributed by atoms with E-state index in [0.29, 0.717) is 28.5 Å². The molecular weight excluding hydrogens is 280 g/mol. The Kier molecular flexibility index (Phi) is 4.28. The fourth-order valence-corrected chi connectivity index (χ4v) is 1.83. The highest BCUT2D eigenvalue weighted by Crippen LogP contribution is 2.21. The summed E-state index contributed by atoms with van der Waals surface area (Å²) in [6, 6.07) is 8.62. The van der Waals surface area contributed by atoms with Gasteiger partial charge in [-0.05, 0) is 24.3 Å². The minimum Gasteiger partial charge on any atom is -0.467 e. The molecule has 1 aromatic heterocycles. The van der Waals surface area contributed by atoms with Gasteiger partial charge in [-0.2, -0.15) is 5.26 Å². The number of anilines is 1. The summed E-state index contributed by atoms with van der Waals surface area (Å²) in [5, 5.41) is 12.2. The molecule has 0 atom stereocenters. The molecule has 6 heteroatoms. The fourth-order valence-electron chi connectivity index (χ4n) is 1.60. The molecule has 2 aromatic rings. The van der Waals surface area contributed by atoms with Gasteiger partial charge in [-0.3, -0.25) is 0 Å². The molecule has 20 heavy (non-hydrogen) atoms. The molecule has 0 bridgehead atoms. The minimum atomic E-state index is -0.443. The van der Waals surface area contributed by atoms with Crippen LogP contribution in [0.15, 0.2) is 34.9 Å². The van der Waals surface area contributed by atoms with Gasteiger partial charge in [-0.15, -0.1) is 0 Å². The summed E-state index contributed by atoms with van der Waals surface area (Å²) in [6.45, 7) is 0.388. The average Bonchev–Trinajstić information content (AvgIpc) is 2.93. The van der Waals surface area contributed by atoms with Crippen molar-refractivity contribution in [1.82, 2.24) is 0 Å². The third-order valence-corrected chi connectivity index (χ3v) is 2.94. The molecule has 1 heterocycles. The number of halogens is 1. The largest absolute Gasteiger partial charge is 0.467 e. The van der Waals surface area contributed by atoms with Crippen LogP contribution in [0.5, 0.6) is 0 Å². The molecule has 0 fully saturated rings. The van der Waals surface area contributed by atoms with Crippen LogP contribution in [0.3, 0.4) is 0 Å². The second-order valence-corrected chi connectivity index (χ2v) is 4.36. The van der Waals surface area contributed by atoms with E-state index in [1.165, 1.54) is 13.4 Å². The zero-order chi connectivity index (χ0) is 14.5. The zero-order valence-corrected chi connectivity index (χ0v) is 11.4. The molecule has 0 spiro atoms. The lowest BCUT2D eigenvalue weighted by atomic mass is 10.2. The lowest BCUT2D eigenvalue weighted by molar-refractivity contribution is 0.0600. The van der Waals surface area contributed by atoms with E-state index in [9.17, 15) is 4.79 Å². The van der Waals surface area contributed by atoms with Crippen molar-refractivity contribution in [3.8, 4) is 6.07 Å². The van der Waals surface area contributed by atoms with Crippen LogP contribution < -0.4 is 5.32 Å². The lowest BCUT2D eigenvalue weighted by Gasteiger charge is -2.05. The maximum Gasteiger partial charge on any atom is 0.341 e. The Morgan fingerprint density at radius 1 is 1.50 bits per heavy atom. The van der Waals surface area contributed by atoms with Crippen LogP contribution in [0.2, 0.25) is 5.02 Å². The number of nitrogens with one attached hydrogen (secondary N) is 1. The topological polar surface area (TPSA) is 75.3 Å². The number of carbonyl (C=O) groups is 1. The monoisotopic (exact) mass is 290 g/mol. The van der Waals surface area contributed by atoms with Crippen molar-refractivity contribution in [3.63, 3.8) is 0 Å². The number of rotatable bonds is 4. The van der Waals surface area contributed by atoms with E-state index in [1.807, 2.05) is 6.07 Å². The number of ether oxygens (including phenoxy) is 1. The molecule has 0 saturated carbocycles. The summed E-state index contributed by atoms with van der Waals surface area (Å²) in [6.07, 6.45) is 1.34. The first kappa shape index (κ1) is 14.0. The highest BCUT2D eigenvalue weighted by molar-refractivity contribution is 6.32. The van der Waals surface area contributed by atoms with Crippen LogP contribution in [0.1, 0.15) is 21.7 Å². The molecule has 5 nitrogen and oxygen atoms in total. The quantitative estimate of drug-likeness (QED) is 0.875. The normalized spacial score (nSPS) is 9.85. The van der Waals surface area contributed by atoms with E-state index < -0.39 is 5.97 Å². The Bertz CT molecular complexity index is 673. The Balaban J connectivity index is 2.02. The van der Waals surface area contributed by atoms with Crippen molar-refractivity contribution in [3.05, 3.63) is 52.4 Å². The molecule has 1 aromatic carbocycles. The number of nitriles is 1. The van der Waals surface area contributed by atoms with Crippen molar-refractivity contribution < 1.29 is 13.9 Å². The van der Waals surface area contributed by atoms with Crippen molar-refractivity contribution in [2.24, 2.45) is 0 Å².